The topological polar surface area (TPSA) is 94.5 Å². The normalized spacial score (nSPS) is 11.3. The number of carbonyl (C=O) groups is 1. The second-order valence-electron chi connectivity index (χ2n) is 6.68. The Balaban J connectivity index is 1.45. The van der Waals surface area contributed by atoms with Crippen LogP contribution in [0.4, 0.5) is 0 Å². The van der Waals surface area contributed by atoms with Gasteiger partial charge in [-0.15, -0.1) is 10.2 Å². The highest BCUT2D eigenvalue weighted by Gasteiger charge is 2.17. The predicted molar refractivity (Wildman–Crippen MR) is 128 cm³/mol. The summed E-state index contributed by atoms with van der Waals surface area (Å²) in [5.74, 6) is 2.02. The maximum Gasteiger partial charge on any atom is 0.250 e. The Hall–Kier alpha value is -4.11. The summed E-state index contributed by atoms with van der Waals surface area (Å²) in [5.41, 5.74) is 4.29. The molecule has 166 valence electrons. The molecule has 0 saturated heterocycles. The number of rotatable bonds is 9. The minimum atomic E-state index is -0.253. The van der Waals surface area contributed by atoms with Crippen LogP contribution in [0.2, 0.25) is 0 Å². The third-order valence-corrected chi connectivity index (χ3v) is 5.41. The zero-order valence-corrected chi connectivity index (χ0v) is 18.6. The summed E-state index contributed by atoms with van der Waals surface area (Å²) in [6, 6.07) is 21.0. The van der Waals surface area contributed by atoms with Crippen molar-refractivity contribution in [2.24, 2.45) is 5.10 Å². The summed E-state index contributed by atoms with van der Waals surface area (Å²) in [6.07, 6.45) is 6.50. The molecule has 33 heavy (non-hydrogen) atoms. The SMILES string of the molecule is COc1ccc(-c2nnc(SCC(=O)N/N=C/C=C\c3ccco3)n2-c2ccccc2)cc1. The molecule has 2 aromatic heterocycles. The van der Waals surface area contributed by atoms with E-state index in [2.05, 4.69) is 20.7 Å². The Morgan fingerprint density at radius 3 is 2.67 bits per heavy atom. The Bertz CT molecular complexity index is 1230. The largest absolute Gasteiger partial charge is 0.497 e. The standard InChI is InChI=1S/C24H21N5O3S/c1-31-20-13-11-18(12-14-20)23-27-28-24(29(23)19-7-3-2-4-8-19)33-17-22(30)26-25-15-5-9-21-10-6-16-32-21/h2-16H,17H2,1H3,(H,26,30)/b9-5-,25-15+. The summed E-state index contributed by atoms with van der Waals surface area (Å²) in [7, 11) is 1.63. The number of benzene rings is 2. The molecule has 0 atom stereocenters. The van der Waals surface area contributed by atoms with Gasteiger partial charge in [-0.25, -0.2) is 5.43 Å². The van der Waals surface area contributed by atoms with Crippen molar-refractivity contribution in [3.8, 4) is 22.8 Å². The van der Waals surface area contributed by atoms with Crippen molar-refractivity contribution in [2.45, 2.75) is 5.16 Å². The first-order chi connectivity index (χ1) is 16.2. The van der Waals surface area contributed by atoms with Crippen molar-refractivity contribution >= 4 is 30.0 Å². The number of methoxy groups -OCH3 is 1. The molecular formula is C24H21N5O3S. The Labute approximate surface area is 195 Å². The van der Waals surface area contributed by atoms with Gasteiger partial charge in [0.2, 0.25) is 0 Å². The van der Waals surface area contributed by atoms with Crippen LogP contribution >= 0.6 is 11.8 Å². The monoisotopic (exact) mass is 459 g/mol. The van der Waals surface area contributed by atoms with Crippen molar-refractivity contribution in [3.05, 3.63) is 84.8 Å². The molecule has 0 bridgehead atoms. The molecule has 0 radical (unpaired) electrons. The van der Waals surface area contributed by atoms with Gasteiger partial charge in [0.25, 0.3) is 5.91 Å². The van der Waals surface area contributed by atoms with Gasteiger partial charge in [0.15, 0.2) is 11.0 Å². The van der Waals surface area contributed by atoms with E-state index in [0.717, 1.165) is 17.0 Å². The van der Waals surface area contributed by atoms with Crippen molar-refractivity contribution in [2.75, 3.05) is 12.9 Å². The van der Waals surface area contributed by atoms with Crippen LogP contribution < -0.4 is 10.2 Å². The van der Waals surface area contributed by atoms with E-state index in [0.29, 0.717) is 16.7 Å². The molecule has 2 heterocycles. The molecule has 0 saturated carbocycles. The quantitative estimate of drug-likeness (QED) is 0.226. The Kier molecular flexibility index (Phi) is 7.34. The minimum absolute atomic E-state index is 0.132. The minimum Gasteiger partial charge on any atom is -0.497 e. The number of ether oxygens (including phenoxy) is 1. The van der Waals surface area contributed by atoms with E-state index in [9.17, 15) is 4.79 Å². The highest BCUT2D eigenvalue weighted by molar-refractivity contribution is 7.99. The van der Waals surface area contributed by atoms with E-state index in [1.807, 2.05) is 65.2 Å². The summed E-state index contributed by atoms with van der Waals surface area (Å²) >= 11 is 1.28. The smallest absolute Gasteiger partial charge is 0.250 e. The van der Waals surface area contributed by atoms with Gasteiger partial charge in [0.05, 0.1) is 19.1 Å². The van der Waals surface area contributed by atoms with Gasteiger partial charge >= 0.3 is 0 Å². The number of thioether (sulfide) groups is 1. The Morgan fingerprint density at radius 1 is 1.12 bits per heavy atom. The predicted octanol–water partition coefficient (Wildman–Crippen LogP) is 4.44. The van der Waals surface area contributed by atoms with Crippen LogP contribution in [0, 0.1) is 0 Å². The third kappa shape index (κ3) is 5.78. The molecule has 0 aliphatic rings. The fraction of sp³-hybridized carbons (Fsp3) is 0.0833. The summed E-state index contributed by atoms with van der Waals surface area (Å²) in [4.78, 5) is 12.2. The molecule has 8 nitrogen and oxygen atoms in total. The van der Waals surface area contributed by atoms with Crippen LogP contribution in [0.15, 0.2) is 93.7 Å². The molecule has 0 unspecified atom stereocenters. The number of hydrazone groups is 1. The third-order valence-electron chi connectivity index (χ3n) is 4.48. The fourth-order valence-corrected chi connectivity index (χ4v) is 3.68. The maximum atomic E-state index is 12.2. The average molecular weight is 460 g/mol. The van der Waals surface area contributed by atoms with Gasteiger partial charge in [0, 0.05) is 17.5 Å². The molecule has 0 aliphatic heterocycles. The maximum absolute atomic E-state index is 12.2. The number of hydrogen-bond donors (Lipinski definition) is 1. The van der Waals surface area contributed by atoms with E-state index in [1.54, 1.807) is 31.6 Å². The highest BCUT2D eigenvalue weighted by atomic mass is 32.2. The number of furan rings is 1. The zero-order valence-electron chi connectivity index (χ0n) is 17.8. The van der Waals surface area contributed by atoms with E-state index >= 15 is 0 Å². The van der Waals surface area contributed by atoms with E-state index in [-0.39, 0.29) is 11.7 Å². The second kappa shape index (κ2) is 11.0. The van der Waals surface area contributed by atoms with Crippen LogP contribution in [0.5, 0.6) is 5.75 Å². The van der Waals surface area contributed by atoms with Crippen LogP contribution in [-0.2, 0) is 4.79 Å². The van der Waals surface area contributed by atoms with E-state index in [4.69, 9.17) is 9.15 Å². The van der Waals surface area contributed by atoms with Crippen molar-refractivity contribution in [3.63, 3.8) is 0 Å². The molecule has 2 aromatic carbocycles. The van der Waals surface area contributed by atoms with Crippen LogP contribution in [0.3, 0.4) is 0 Å². The van der Waals surface area contributed by atoms with E-state index in [1.165, 1.54) is 18.0 Å². The molecule has 1 N–H and O–H groups in total. The lowest BCUT2D eigenvalue weighted by molar-refractivity contribution is -0.118. The number of para-hydroxylation sites is 1. The van der Waals surface area contributed by atoms with Gasteiger partial charge < -0.3 is 9.15 Å². The molecule has 4 aromatic rings. The second-order valence-corrected chi connectivity index (χ2v) is 7.62. The lowest BCUT2D eigenvalue weighted by atomic mass is 10.2. The molecule has 9 heteroatoms. The molecule has 1 amide bonds. The van der Waals surface area contributed by atoms with Gasteiger partial charge in [-0.2, -0.15) is 5.10 Å². The Morgan fingerprint density at radius 2 is 1.94 bits per heavy atom. The number of amides is 1. The number of nitrogens with zero attached hydrogens (tertiary/aromatic N) is 4. The summed E-state index contributed by atoms with van der Waals surface area (Å²) < 4.78 is 12.4. The molecule has 0 fully saturated rings. The van der Waals surface area contributed by atoms with Gasteiger partial charge in [0.1, 0.15) is 11.5 Å². The number of allylic oxidation sites excluding steroid dienone is 1. The first kappa shape index (κ1) is 22.1. The van der Waals surface area contributed by atoms with Gasteiger partial charge in [-0.3, -0.25) is 9.36 Å². The van der Waals surface area contributed by atoms with E-state index < -0.39 is 0 Å². The number of aromatic nitrogens is 3. The fourth-order valence-electron chi connectivity index (χ4n) is 2.94. The first-order valence-corrected chi connectivity index (χ1v) is 11.0. The molecule has 4 rings (SSSR count). The number of carbonyl (C=O) groups excluding carboxylic acids is 1. The highest BCUT2D eigenvalue weighted by Crippen LogP contribution is 2.28. The van der Waals surface area contributed by atoms with Crippen molar-refractivity contribution < 1.29 is 13.9 Å². The molecular weight excluding hydrogens is 438 g/mol. The lowest BCUT2D eigenvalue weighted by Crippen LogP contribution is -2.19. The number of nitrogens with one attached hydrogen (secondary N) is 1. The van der Waals surface area contributed by atoms with Crippen molar-refractivity contribution in [1.29, 1.82) is 0 Å². The van der Waals surface area contributed by atoms with Crippen LogP contribution in [0.25, 0.3) is 23.2 Å². The first-order valence-electron chi connectivity index (χ1n) is 10.0. The zero-order chi connectivity index (χ0) is 22.9. The average Bonchev–Trinajstić information content (AvgIpc) is 3.53. The summed E-state index contributed by atoms with van der Waals surface area (Å²) in [6.45, 7) is 0. The van der Waals surface area contributed by atoms with Gasteiger partial charge in [-0.1, -0.05) is 30.0 Å². The van der Waals surface area contributed by atoms with Crippen LogP contribution in [0.1, 0.15) is 5.76 Å². The van der Waals surface area contributed by atoms with Crippen molar-refractivity contribution in [1.82, 2.24) is 20.2 Å². The summed E-state index contributed by atoms with van der Waals surface area (Å²) in [5, 5.41) is 13.2. The number of hydrogen-bond acceptors (Lipinski definition) is 7. The molecule has 0 spiro atoms. The molecule has 0 aliphatic carbocycles. The van der Waals surface area contributed by atoms with Crippen LogP contribution in [-0.4, -0.2) is 39.7 Å². The van der Waals surface area contributed by atoms with Gasteiger partial charge in [-0.05, 0) is 60.7 Å². The lowest BCUT2D eigenvalue weighted by Gasteiger charge is -2.10.